The van der Waals surface area contributed by atoms with Crippen LogP contribution in [-0.2, 0) is 4.79 Å². The third kappa shape index (κ3) is 4.11. The van der Waals surface area contributed by atoms with Gasteiger partial charge in [0.2, 0.25) is 5.91 Å². The molecule has 3 amide bonds. The number of anilines is 2. The zero-order valence-corrected chi connectivity index (χ0v) is 14.4. The van der Waals surface area contributed by atoms with Gasteiger partial charge in [0, 0.05) is 11.6 Å². The van der Waals surface area contributed by atoms with Crippen LogP contribution in [0.5, 0.6) is 0 Å². The summed E-state index contributed by atoms with van der Waals surface area (Å²) < 4.78 is 27.2. The Bertz CT molecular complexity index is 946. The average Bonchev–Trinajstić information content (AvgIpc) is 3.34. The first-order valence-electron chi connectivity index (χ1n) is 8.27. The number of hydrogen-bond acceptors (Lipinski definition) is 3. The standard InChI is InChI=1S/C19H17F2N3O3/c1-9-6-12(9)18(26)24-16-5-2-10(20)7-14(16)19(27)23-11-3-4-15(21)13(8-11)17(22)25/h2-5,7-9,12H,6H2,1H3,(H2,22,25)(H,23,27)(H,24,26). The molecule has 1 aliphatic carbocycles. The lowest BCUT2D eigenvalue weighted by Gasteiger charge is -2.12. The number of rotatable bonds is 5. The first-order valence-corrected chi connectivity index (χ1v) is 8.27. The molecule has 27 heavy (non-hydrogen) atoms. The number of primary amides is 1. The SMILES string of the molecule is CC1CC1C(=O)Nc1ccc(F)cc1C(=O)Nc1ccc(F)c(C(N)=O)c1. The molecule has 2 unspecified atom stereocenters. The van der Waals surface area contributed by atoms with Gasteiger partial charge in [0.05, 0.1) is 16.8 Å². The van der Waals surface area contributed by atoms with E-state index >= 15 is 0 Å². The van der Waals surface area contributed by atoms with E-state index in [2.05, 4.69) is 10.6 Å². The summed E-state index contributed by atoms with van der Waals surface area (Å²) in [5.41, 5.74) is 4.87. The van der Waals surface area contributed by atoms with E-state index < -0.39 is 23.4 Å². The predicted molar refractivity (Wildman–Crippen MR) is 95.2 cm³/mol. The largest absolute Gasteiger partial charge is 0.366 e. The van der Waals surface area contributed by atoms with Crippen LogP contribution in [0.15, 0.2) is 36.4 Å². The second kappa shape index (κ2) is 7.14. The van der Waals surface area contributed by atoms with Crippen molar-refractivity contribution in [3.63, 3.8) is 0 Å². The number of carbonyl (C=O) groups is 3. The lowest BCUT2D eigenvalue weighted by molar-refractivity contribution is -0.117. The highest BCUT2D eigenvalue weighted by Crippen LogP contribution is 2.38. The van der Waals surface area contributed by atoms with Gasteiger partial charge in [0.25, 0.3) is 11.8 Å². The van der Waals surface area contributed by atoms with Gasteiger partial charge in [-0.1, -0.05) is 6.92 Å². The zero-order chi connectivity index (χ0) is 19.7. The number of carbonyl (C=O) groups excluding carboxylic acids is 3. The van der Waals surface area contributed by atoms with Crippen LogP contribution in [0.2, 0.25) is 0 Å². The molecule has 1 aliphatic rings. The average molecular weight is 373 g/mol. The fourth-order valence-corrected chi connectivity index (χ4v) is 2.72. The van der Waals surface area contributed by atoms with Gasteiger partial charge in [-0.3, -0.25) is 14.4 Å². The van der Waals surface area contributed by atoms with Crippen molar-refractivity contribution in [2.75, 3.05) is 10.6 Å². The Morgan fingerprint density at radius 1 is 1.04 bits per heavy atom. The number of nitrogens with two attached hydrogens (primary N) is 1. The third-order valence-corrected chi connectivity index (χ3v) is 4.42. The third-order valence-electron chi connectivity index (χ3n) is 4.42. The summed E-state index contributed by atoms with van der Waals surface area (Å²) >= 11 is 0. The maximum Gasteiger partial charge on any atom is 0.257 e. The molecule has 8 heteroatoms. The summed E-state index contributed by atoms with van der Waals surface area (Å²) in [6, 6.07) is 6.72. The number of nitrogens with one attached hydrogen (secondary N) is 2. The summed E-state index contributed by atoms with van der Waals surface area (Å²) in [6.45, 7) is 1.94. The van der Waals surface area contributed by atoms with E-state index in [0.717, 1.165) is 30.7 Å². The molecule has 3 rings (SSSR count). The zero-order valence-electron chi connectivity index (χ0n) is 14.4. The van der Waals surface area contributed by atoms with Crippen LogP contribution in [0.4, 0.5) is 20.2 Å². The van der Waals surface area contributed by atoms with Crippen molar-refractivity contribution in [2.24, 2.45) is 17.6 Å². The molecule has 0 saturated heterocycles. The Balaban J connectivity index is 1.84. The molecule has 2 atom stereocenters. The van der Waals surface area contributed by atoms with Crippen molar-refractivity contribution in [3.8, 4) is 0 Å². The van der Waals surface area contributed by atoms with Crippen molar-refractivity contribution in [3.05, 3.63) is 59.2 Å². The van der Waals surface area contributed by atoms with E-state index in [-0.39, 0.29) is 40.2 Å². The van der Waals surface area contributed by atoms with Gasteiger partial charge in [-0.15, -0.1) is 0 Å². The number of hydrogen-bond donors (Lipinski definition) is 3. The molecule has 1 fully saturated rings. The highest BCUT2D eigenvalue weighted by Gasteiger charge is 2.39. The van der Waals surface area contributed by atoms with Crippen LogP contribution in [0.25, 0.3) is 0 Å². The van der Waals surface area contributed by atoms with Crippen LogP contribution >= 0.6 is 0 Å². The van der Waals surface area contributed by atoms with Crippen molar-refractivity contribution >= 4 is 29.1 Å². The first-order chi connectivity index (χ1) is 12.8. The monoisotopic (exact) mass is 373 g/mol. The van der Waals surface area contributed by atoms with E-state index in [1.165, 1.54) is 12.1 Å². The minimum absolute atomic E-state index is 0.0957. The summed E-state index contributed by atoms with van der Waals surface area (Å²) in [4.78, 5) is 35.9. The lowest BCUT2D eigenvalue weighted by Crippen LogP contribution is -2.20. The molecule has 0 heterocycles. The van der Waals surface area contributed by atoms with Crippen molar-refractivity contribution < 1.29 is 23.2 Å². The molecular weight excluding hydrogens is 356 g/mol. The Labute approximate surface area is 153 Å². The molecule has 6 nitrogen and oxygen atoms in total. The smallest absolute Gasteiger partial charge is 0.257 e. The molecule has 140 valence electrons. The number of amides is 3. The van der Waals surface area contributed by atoms with Crippen molar-refractivity contribution in [1.29, 1.82) is 0 Å². The fraction of sp³-hybridized carbons (Fsp3) is 0.211. The van der Waals surface area contributed by atoms with Crippen LogP contribution in [0.3, 0.4) is 0 Å². The maximum absolute atomic E-state index is 13.6. The molecule has 0 bridgehead atoms. The summed E-state index contributed by atoms with van der Waals surface area (Å²) in [5.74, 6) is -3.28. The van der Waals surface area contributed by atoms with Crippen molar-refractivity contribution in [2.45, 2.75) is 13.3 Å². The summed E-state index contributed by atoms with van der Waals surface area (Å²) in [7, 11) is 0. The van der Waals surface area contributed by atoms with E-state index in [9.17, 15) is 23.2 Å². The van der Waals surface area contributed by atoms with Gasteiger partial charge >= 0.3 is 0 Å². The number of benzene rings is 2. The Kier molecular flexibility index (Phi) is 4.89. The van der Waals surface area contributed by atoms with Crippen LogP contribution in [-0.4, -0.2) is 17.7 Å². The topological polar surface area (TPSA) is 101 Å². The summed E-state index contributed by atoms with van der Waals surface area (Å²) in [6.07, 6.45) is 0.764. The molecule has 0 radical (unpaired) electrons. The summed E-state index contributed by atoms with van der Waals surface area (Å²) in [5, 5.41) is 5.08. The van der Waals surface area contributed by atoms with Gasteiger partial charge in [0.1, 0.15) is 11.6 Å². The van der Waals surface area contributed by atoms with E-state index in [4.69, 9.17) is 5.73 Å². The molecule has 0 aliphatic heterocycles. The van der Waals surface area contributed by atoms with Gasteiger partial charge in [-0.25, -0.2) is 8.78 Å². The number of halogens is 2. The van der Waals surface area contributed by atoms with E-state index in [1.807, 2.05) is 6.92 Å². The maximum atomic E-state index is 13.6. The first kappa shape index (κ1) is 18.5. The van der Waals surface area contributed by atoms with Gasteiger partial charge < -0.3 is 16.4 Å². The highest BCUT2D eigenvalue weighted by atomic mass is 19.1. The molecule has 1 saturated carbocycles. The fourth-order valence-electron chi connectivity index (χ4n) is 2.72. The molecule has 2 aromatic carbocycles. The predicted octanol–water partition coefficient (Wildman–Crippen LogP) is 2.91. The second-order valence-corrected chi connectivity index (χ2v) is 6.51. The minimum Gasteiger partial charge on any atom is -0.366 e. The Morgan fingerprint density at radius 2 is 1.74 bits per heavy atom. The molecule has 2 aromatic rings. The van der Waals surface area contributed by atoms with Gasteiger partial charge in [-0.05, 0) is 48.7 Å². The van der Waals surface area contributed by atoms with Crippen molar-refractivity contribution in [1.82, 2.24) is 0 Å². The molecule has 0 spiro atoms. The van der Waals surface area contributed by atoms with E-state index in [1.54, 1.807) is 0 Å². The second-order valence-electron chi connectivity index (χ2n) is 6.51. The van der Waals surface area contributed by atoms with Crippen LogP contribution < -0.4 is 16.4 Å². The Hall–Kier alpha value is -3.29. The quantitative estimate of drug-likeness (QED) is 0.751. The van der Waals surface area contributed by atoms with Crippen LogP contribution in [0, 0.1) is 23.5 Å². The Morgan fingerprint density at radius 3 is 2.37 bits per heavy atom. The molecular formula is C19H17F2N3O3. The molecule has 0 aromatic heterocycles. The van der Waals surface area contributed by atoms with E-state index in [0.29, 0.717) is 0 Å². The molecule has 4 N–H and O–H groups in total. The minimum atomic E-state index is -0.985. The van der Waals surface area contributed by atoms with Crippen LogP contribution in [0.1, 0.15) is 34.1 Å². The normalized spacial score (nSPS) is 17.9. The highest BCUT2D eigenvalue weighted by molar-refractivity contribution is 6.10. The van der Waals surface area contributed by atoms with Gasteiger partial charge in [0.15, 0.2) is 0 Å². The lowest BCUT2D eigenvalue weighted by atomic mass is 10.1. The van der Waals surface area contributed by atoms with Gasteiger partial charge in [-0.2, -0.15) is 0 Å².